The summed E-state index contributed by atoms with van der Waals surface area (Å²) in [5.41, 5.74) is 1.01. The number of carbonyl (C=O) groups excluding carboxylic acids is 2. The highest BCUT2D eigenvalue weighted by Crippen LogP contribution is 2.34. The molecule has 178 valence electrons. The fraction of sp³-hybridized carbons (Fsp3) is 0.320. The van der Waals surface area contributed by atoms with Crippen LogP contribution in [0.4, 0.5) is 5.69 Å². The monoisotopic (exact) mass is 474 g/mol. The SMILES string of the molecule is N#CCCN(C(=O)COC(=O)c1ccc2c(=O)n3c(nc2c1)CCC3)c1ccc2c(c1)OCCO2. The molecule has 35 heavy (non-hydrogen) atoms. The topological polar surface area (TPSA) is 124 Å². The third-order valence-corrected chi connectivity index (χ3v) is 5.96. The molecule has 10 nitrogen and oxygen atoms in total. The molecule has 1 amide bonds. The van der Waals surface area contributed by atoms with Gasteiger partial charge in [-0.05, 0) is 36.8 Å². The van der Waals surface area contributed by atoms with Gasteiger partial charge in [-0.15, -0.1) is 0 Å². The van der Waals surface area contributed by atoms with Crippen LogP contribution in [-0.2, 0) is 22.5 Å². The van der Waals surface area contributed by atoms with Crippen molar-refractivity contribution >= 4 is 28.5 Å². The number of aryl methyl sites for hydroxylation is 1. The van der Waals surface area contributed by atoms with Crippen LogP contribution in [0.3, 0.4) is 0 Å². The Bertz CT molecular complexity index is 1420. The Morgan fingerprint density at radius 1 is 1.14 bits per heavy atom. The van der Waals surface area contributed by atoms with Gasteiger partial charge in [0.1, 0.15) is 19.0 Å². The van der Waals surface area contributed by atoms with E-state index in [-0.39, 0.29) is 24.1 Å². The molecule has 1 aromatic heterocycles. The molecule has 3 heterocycles. The van der Waals surface area contributed by atoms with Crippen molar-refractivity contribution in [2.45, 2.75) is 25.8 Å². The van der Waals surface area contributed by atoms with Gasteiger partial charge in [-0.3, -0.25) is 14.2 Å². The number of amides is 1. The van der Waals surface area contributed by atoms with Gasteiger partial charge in [0.2, 0.25) is 0 Å². The average molecular weight is 474 g/mol. The summed E-state index contributed by atoms with van der Waals surface area (Å²) in [6, 6.07) is 11.6. The Hall–Kier alpha value is -4.39. The Morgan fingerprint density at radius 2 is 1.97 bits per heavy atom. The minimum atomic E-state index is -0.704. The number of hydrogen-bond donors (Lipinski definition) is 0. The largest absolute Gasteiger partial charge is 0.486 e. The predicted octanol–water partition coefficient (Wildman–Crippen LogP) is 2.22. The van der Waals surface area contributed by atoms with Crippen LogP contribution in [-0.4, -0.2) is 47.8 Å². The second-order valence-corrected chi connectivity index (χ2v) is 8.18. The van der Waals surface area contributed by atoms with Crippen molar-refractivity contribution in [3.05, 3.63) is 58.1 Å². The van der Waals surface area contributed by atoms with Crippen LogP contribution in [0.5, 0.6) is 11.5 Å². The van der Waals surface area contributed by atoms with Gasteiger partial charge in [-0.25, -0.2) is 9.78 Å². The summed E-state index contributed by atoms with van der Waals surface area (Å²) < 4.78 is 18.0. The molecule has 0 saturated carbocycles. The van der Waals surface area contributed by atoms with Gasteiger partial charge in [0, 0.05) is 31.3 Å². The van der Waals surface area contributed by atoms with Gasteiger partial charge in [-0.2, -0.15) is 5.26 Å². The van der Waals surface area contributed by atoms with Crippen molar-refractivity contribution in [2.75, 3.05) is 31.3 Å². The average Bonchev–Trinajstić information content (AvgIpc) is 3.36. The smallest absolute Gasteiger partial charge is 0.338 e. The summed E-state index contributed by atoms with van der Waals surface area (Å²) in [4.78, 5) is 44.1. The number of aromatic nitrogens is 2. The summed E-state index contributed by atoms with van der Waals surface area (Å²) >= 11 is 0. The molecular weight excluding hydrogens is 452 g/mol. The molecule has 0 aliphatic carbocycles. The third-order valence-electron chi connectivity index (χ3n) is 5.96. The van der Waals surface area contributed by atoms with Crippen molar-refractivity contribution in [3.63, 3.8) is 0 Å². The van der Waals surface area contributed by atoms with E-state index < -0.39 is 18.5 Å². The first-order valence-corrected chi connectivity index (χ1v) is 11.3. The van der Waals surface area contributed by atoms with Crippen molar-refractivity contribution in [1.29, 1.82) is 5.26 Å². The van der Waals surface area contributed by atoms with Gasteiger partial charge in [0.25, 0.3) is 11.5 Å². The quantitative estimate of drug-likeness (QED) is 0.498. The predicted molar refractivity (Wildman–Crippen MR) is 125 cm³/mol. The molecule has 0 radical (unpaired) electrons. The molecule has 0 unspecified atom stereocenters. The molecule has 0 fully saturated rings. The fourth-order valence-electron chi connectivity index (χ4n) is 4.26. The number of nitrogens with zero attached hydrogens (tertiary/aromatic N) is 4. The first-order valence-electron chi connectivity index (χ1n) is 11.3. The number of ether oxygens (including phenoxy) is 3. The summed E-state index contributed by atoms with van der Waals surface area (Å²) in [7, 11) is 0. The summed E-state index contributed by atoms with van der Waals surface area (Å²) in [6.45, 7) is 1.10. The molecule has 2 aromatic carbocycles. The highest BCUT2D eigenvalue weighted by molar-refractivity contribution is 5.98. The zero-order valence-electron chi connectivity index (χ0n) is 18.9. The van der Waals surface area contributed by atoms with E-state index in [1.54, 1.807) is 28.8 Å². The lowest BCUT2D eigenvalue weighted by Gasteiger charge is -2.24. The molecule has 0 bridgehead atoms. The van der Waals surface area contributed by atoms with Crippen molar-refractivity contribution in [3.8, 4) is 17.6 Å². The molecule has 0 atom stereocenters. The van der Waals surface area contributed by atoms with Gasteiger partial charge in [0.15, 0.2) is 18.1 Å². The molecule has 2 aliphatic rings. The number of hydrogen-bond acceptors (Lipinski definition) is 8. The van der Waals surface area contributed by atoms with Crippen LogP contribution in [0.1, 0.15) is 29.0 Å². The first-order chi connectivity index (χ1) is 17.0. The standard InChI is InChI=1S/C25H22N4O6/c26-8-2-10-28(17-5-7-20-21(14-17)34-12-11-33-20)23(30)15-35-25(32)16-4-6-18-19(13-16)27-22-3-1-9-29(22)24(18)31/h4-7,13-14H,1-3,9-12,15H2. The first kappa shape index (κ1) is 22.4. The fourth-order valence-corrected chi connectivity index (χ4v) is 4.26. The van der Waals surface area contributed by atoms with Crippen LogP contribution in [0.15, 0.2) is 41.2 Å². The van der Waals surface area contributed by atoms with Crippen LogP contribution in [0.25, 0.3) is 10.9 Å². The minimum Gasteiger partial charge on any atom is -0.486 e. The zero-order valence-corrected chi connectivity index (χ0v) is 18.9. The second-order valence-electron chi connectivity index (χ2n) is 8.18. The summed E-state index contributed by atoms with van der Waals surface area (Å²) in [5.74, 6) is 0.599. The van der Waals surface area contributed by atoms with Crippen molar-refractivity contribution in [2.24, 2.45) is 0 Å². The van der Waals surface area contributed by atoms with E-state index in [0.717, 1.165) is 6.42 Å². The Balaban J connectivity index is 1.31. The van der Waals surface area contributed by atoms with Gasteiger partial charge in [-0.1, -0.05) is 0 Å². The zero-order chi connectivity index (χ0) is 24.4. The van der Waals surface area contributed by atoms with E-state index in [0.29, 0.717) is 60.1 Å². The Morgan fingerprint density at radius 3 is 2.80 bits per heavy atom. The number of fused-ring (bicyclic) bond motifs is 3. The van der Waals surface area contributed by atoms with E-state index in [1.807, 2.05) is 6.07 Å². The molecule has 3 aromatic rings. The number of carbonyl (C=O) groups is 2. The van der Waals surface area contributed by atoms with Crippen LogP contribution in [0.2, 0.25) is 0 Å². The maximum atomic E-state index is 12.9. The summed E-state index contributed by atoms with van der Waals surface area (Å²) in [5, 5.41) is 9.45. The molecule has 2 aliphatic heterocycles. The third kappa shape index (κ3) is 4.40. The van der Waals surface area contributed by atoms with Crippen LogP contribution >= 0.6 is 0 Å². The van der Waals surface area contributed by atoms with E-state index >= 15 is 0 Å². The molecule has 0 N–H and O–H groups in total. The molecule has 0 spiro atoms. The molecule has 5 rings (SSSR count). The van der Waals surface area contributed by atoms with Crippen LogP contribution < -0.4 is 19.9 Å². The molecular formula is C25H22N4O6. The van der Waals surface area contributed by atoms with Gasteiger partial charge in [0.05, 0.1) is 29.0 Å². The van der Waals surface area contributed by atoms with E-state index in [2.05, 4.69) is 4.98 Å². The molecule has 0 saturated heterocycles. The lowest BCUT2D eigenvalue weighted by atomic mass is 10.1. The number of benzene rings is 2. The number of rotatable bonds is 6. The molecule has 10 heteroatoms. The number of anilines is 1. The Labute approximate surface area is 200 Å². The van der Waals surface area contributed by atoms with E-state index in [1.165, 1.54) is 17.0 Å². The maximum absolute atomic E-state index is 12.9. The number of esters is 1. The van der Waals surface area contributed by atoms with Gasteiger partial charge < -0.3 is 19.1 Å². The van der Waals surface area contributed by atoms with E-state index in [9.17, 15) is 14.4 Å². The van der Waals surface area contributed by atoms with Gasteiger partial charge >= 0.3 is 5.97 Å². The normalized spacial score (nSPS) is 13.7. The highest BCUT2D eigenvalue weighted by atomic mass is 16.6. The summed E-state index contributed by atoms with van der Waals surface area (Å²) in [6.07, 6.45) is 1.68. The lowest BCUT2D eigenvalue weighted by Crippen LogP contribution is -2.35. The minimum absolute atomic E-state index is 0.102. The highest BCUT2D eigenvalue weighted by Gasteiger charge is 2.22. The Kier molecular flexibility index (Phi) is 6.06. The van der Waals surface area contributed by atoms with Crippen molar-refractivity contribution in [1.82, 2.24) is 9.55 Å². The maximum Gasteiger partial charge on any atom is 0.338 e. The van der Waals surface area contributed by atoms with Crippen LogP contribution in [0, 0.1) is 11.3 Å². The second kappa shape index (κ2) is 9.46. The number of nitriles is 1. The van der Waals surface area contributed by atoms with Crippen molar-refractivity contribution < 1.29 is 23.8 Å². The lowest BCUT2D eigenvalue weighted by molar-refractivity contribution is -0.121. The van der Waals surface area contributed by atoms with E-state index in [4.69, 9.17) is 19.5 Å².